The molecule has 0 saturated heterocycles. The molecule has 0 amide bonds. The van der Waals surface area contributed by atoms with Crippen LogP contribution in [0.5, 0.6) is 0 Å². The van der Waals surface area contributed by atoms with Gasteiger partial charge in [-0.2, -0.15) is 0 Å². The zero-order chi connectivity index (χ0) is 11.9. The normalized spacial score (nSPS) is 20.1. The Morgan fingerprint density at radius 1 is 1.44 bits per heavy atom. The molecular weight excluding hydrogens is 200 g/mol. The SMILES string of the molecule is C=CCCCCCC(NN)C1(OC)CCC1. The van der Waals surface area contributed by atoms with Gasteiger partial charge in [-0.05, 0) is 38.5 Å². The van der Waals surface area contributed by atoms with Crippen molar-refractivity contribution in [3.63, 3.8) is 0 Å². The van der Waals surface area contributed by atoms with Gasteiger partial charge in [0.1, 0.15) is 0 Å². The zero-order valence-corrected chi connectivity index (χ0v) is 10.5. The molecule has 1 rings (SSSR count). The summed E-state index contributed by atoms with van der Waals surface area (Å²) in [6, 6.07) is 0.315. The maximum atomic E-state index is 5.65. The van der Waals surface area contributed by atoms with E-state index in [4.69, 9.17) is 10.6 Å². The molecule has 3 N–H and O–H groups in total. The average Bonchev–Trinajstić information content (AvgIpc) is 2.25. The second kappa shape index (κ2) is 7.05. The maximum absolute atomic E-state index is 5.65. The number of hydrogen-bond acceptors (Lipinski definition) is 3. The molecule has 1 unspecified atom stereocenters. The molecule has 1 aliphatic rings. The van der Waals surface area contributed by atoms with Crippen LogP contribution in [-0.2, 0) is 4.74 Å². The highest BCUT2D eigenvalue weighted by Crippen LogP contribution is 2.39. The second-order valence-corrected chi connectivity index (χ2v) is 4.77. The van der Waals surface area contributed by atoms with Crippen molar-refractivity contribution < 1.29 is 4.74 Å². The molecule has 3 heteroatoms. The van der Waals surface area contributed by atoms with Gasteiger partial charge in [-0.1, -0.05) is 18.9 Å². The highest BCUT2D eigenvalue weighted by Gasteiger charge is 2.43. The first-order valence-corrected chi connectivity index (χ1v) is 6.41. The van der Waals surface area contributed by atoms with Gasteiger partial charge in [0.25, 0.3) is 0 Å². The summed E-state index contributed by atoms with van der Waals surface area (Å²) in [6.07, 6.45) is 11.5. The zero-order valence-electron chi connectivity index (χ0n) is 10.5. The Morgan fingerprint density at radius 3 is 2.62 bits per heavy atom. The molecule has 1 aliphatic carbocycles. The Bertz CT molecular complexity index is 197. The van der Waals surface area contributed by atoms with E-state index < -0.39 is 0 Å². The first kappa shape index (κ1) is 13.7. The third-order valence-corrected chi connectivity index (χ3v) is 3.84. The van der Waals surface area contributed by atoms with E-state index in [0.29, 0.717) is 6.04 Å². The maximum Gasteiger partial charge on any atom is 0.0844 e. The molecule has 1 saturated carbocycles. The van der Waals surface area contributed by atoms with Crippen LogP contribution in [0.15, 0.2) is 12.7 Å². The highest BCUT2D eigenvalue weighted by atomic mass is 16.5. The van der Waals surface area contributed by atoms with Gasteiger partial charge in [0.15, 0.2) is 0 Å². The predicted octanol–water partition coefficient (Wildman–Crippen LogP) is 2.52. The molecule has 0 aromatic rings. The Kier molecular flexibility index (Phi) is 6.03. The van der Waals surface area contributed by atoms with Gasteiger partial charge in [-0.15, -0.1) is 6.58 Å². The summed E-state index contributed by atoms with van der Waals surface area (Å²) >= 11 is 0. The van der Waals surface area contributed by atoms with Crippen molar-refractivity contribution in [2.24, 2.45) is 5.84 Å². The number of nitrogens with two attached hydrogens (primary N) is 1. The first-order chi connectivity index (χ1) is 7.79. The molecule has 0 aromatic heterocycles. The van der Waals surface area contributed by atoms with Crippen molar-refractivity contribution in [3.8, 4) is 0 Å². The quantitative estimate of drug-likeness (QED) is 0.275. The topological polar surface area (TPSA) is 47.3 Å². The van der Waals surface area contributed by atoms with Gasteiger partial charge in [-0.25, -0.2) is 0 Å². The van der Waals surface area contributed by atoms with Gasteiger partial charge in [0.05, 0.1) is 11.6 Å². The highest BCUT2D eigenvalue weighted by molar-refractivity contribution is 4.98. The van der Waals surface area contributed by atoms with E-state index >= 15 is 0 Å². The first-order valence-electron chi connectivity index (χ1n) is 6.41. The number of rotatable bonds is 9. The summed E-state index contributed by atoms with van der Waals surface area (Å²) in [5, 5.41) is 0. The van der Waals surface area contributed by atoms with Gasteiger partial charge < -0.3 is 4.74 Å². The monoisotopic (exact) mass is 226 g/mol. The van der Waals surface area contributed by atoms with Gasteiger partial charge in [0, 0.05) is 7.11 Å². The summed E-state index contributed by atoms with van der Waals surface area (Å²) < 4.78 is 5.65. The Morgan fingerprint density at radius 2 is 2.19 bits per heavy atom. The van der Waals surface area contributed by atoms with E-state index in [-0.39, 0.29) is 5.60 Å². The minimum atomic E-state index is 0.0210. The largest absolute Gasteiger partial charge is 0.377 e. The lowest BCUT2D eigenvalue weighted by Crippen LogP contribution is -2.58. The molecule has 0 spiro atoms. The third kappa shape index (κ3) is 3.30. The van der Waals surface area contributed by atoms with Crippen molar-refractivity contribution >= 4 is 0 Å². The molecule has 0 aromatic carbocycles. The smallest absolute Gasteiger partial charge is 0.0844 e. The Balaban J connectivity index is 2.23. The molecule has 1 fully saturated rings. The summed E-state index contributed by atoms with van der Waals surface area (Å²) in [6.45, 7) is 3.73. The van der Waals surface area contributed by atoms with Crippen molar-refractivity contribution in [1.29, 1.82) is 0 Å². The standard InChI is InChI=1S/C13H26N2O/c1-3-4-5-6-7-9-12(15-14)13(16-2)10-8-11-13/h3,12,15H,1,4-11,14H2,2H3. The van der Waals surface area contributed by atoms with Crippen LogP contribution >= 0.6 is 0 Å². The summed E-state index contributed by atoms with van der Waals surface area (Å²) in [4.78, 5) is 0. The number of ether oxygens (including phenoxy) is 1. The molecule has 94 valence electrons. The van der Waals surface area contributed by atoms with E-state index in [1.807, 2.05) is 6.08 Å². The van der Waals surface area contributed by atoms with E-state index in [2.05, 4.69) is 12.0 Å². The van der Waals surface area contributed by atoms with Gasteiger partial charge in [-0.3, -0.25) is 11.3 Å². The molecule has 0 bridgehead atoms. The van der Waals surface area contributed by atoms with Crippen molar-refractivity contribution in [1.82, 2.24) is 5.43 Å². The van der Waals surface area contributed by atoms with Crippen LogP contribution in [0.1, 0.15) is 51.4 Å². The number of hydrazine groups is 1. The van der Waals surface area contributed by atoms with Crippen LogP contribution in [-0.4, -0.2) is 18.8 Å². The van der Waals surface area contributed by atoms with Gasteiger partial charge >= 0.3 is 0 Å². The van der Waals surface area contributed by atoms with Crippen LogP contribution in [0, 0.1) is 0 Å². The minimum absolute atomic E-state index is 0.0210. The summed E-state index contributed by atoms with van der Waals surface area (Å²) in [5.41, 5.74) is 2.96. The number of methoxy groups -OCH3 is 1. The number of unbranched alkanes of at least 4 members (excludes halogenated alkanes) is 3. The fourth-order valence-corrected chi connectivity index (χ4v) is 2.53. The van der Waals surface area contributed by atoms with E-state index in [0.717, 1.165) is 25.7 Å². The third-order valence-electron chi connectivity index (χ3n) is 3.84. The number of nitrogens with one attached hydrogen (secondary N) is 1. The fraction of sp³-hybridized carbons (Fsp3) is 0.846. The molecule has 0 aliphatic heterocycles. The van der Waals surface area contributed by atoms with E-state index in [9.17, 15) is 0 Å². The van der Waals surface area contributed by atoms with Crippen molar-refractivity contribution in [2.75, 3.05) is 7.11 Å². The Labute approximate surface area is 99.4 Å². The van der Waals surface area contributed by atoms with E-state index in [1.54, 1.807) is 7.11 Å². The van der Waals surface area contributed by atoms with Crippen molar-refractivity contribution in [3.05, 3.63) is 12.7 Å². The fourth-order valence-electron chi connectivity index (χ4n) is 2.53. The van der Waals surface area contributed by atoms with Crippen LogP contribution in [0.4, 0.5) is 0 Å². The van der Waals surface area contributed by atoms with Crippen molar-refractivity contribution in [2.45, 2.75) is 63.0 Å². The van der Waals surface area contributed by atoms with Crippen LogP contribution in [0.2, 0.25) is 0 Å². The molecule has 16 heavy (non-hydrogen) atoms. The molecule has 1 atom stereocenters. The van der Waals surface area contributed by atoms with Crippen LogP contribution in [0.25, 0.3) is 0 Å². The van der Waals surface area contributed by atoms with E-state index in [1.165, 1.54) is 25.7 Å². The molecule has 0 radical (unpaired) electrons. The Hall–Kier alpha value is -0.380. The average molecular weight is 226 g/mol. The van der Waals surface area contributed by atoms with Crippen LogP contribution < -0.4 is 11.3 Å². The predicted molar refractivity (Wildman–Crippen MR) is 68.0 cm³/mol. The molecule has 3 nitrogen and oxygen atoms in total. The second-order valence-electron chi connectivity index (χ2n) is 4.77. The number of hydrogen-bond donors (Lipinski definition) is 2. The molecular formula is C13H26N2O. The minimum Gasteiger partial charge on any atom is -0.377 e. The summed E-state index contributed by atoms with van der Waals surface area (Å²) in [7, 11) is 1.81. The lowest BCUT2D eigenvalue weighted by molar-refractivity contribution is -0.100. The molecule has 0 heterocycles. The lowest BCUT2D eigenvalue weighted by atomic mass is 9.73. The number of allylic oxidation sites excluding steroid dienone is 1. The summed E-state index contributed by atoms with van der Waals surface area (Å²) in [5.74, 6) is 5.64. The van der Waals surface area contributed by atoms with Crippen LogP contribution in [0.3, 0.4) is 0 Å². The lowest BCUT2D eigenvalue weighted by Gasteiger charge is -2.46. The van der Waals surface area contributed by atoms with Gasteiger partial charge in [0.2, 0.25) is 0 Å².